The van der Waals surface area contributed by atoms with Crippen LogP contribution in [0.25, 0.3) is 0 Å². The van der Waals surface area contributed by atoms with Crippen LogP contribution >= 0.6 is 0 Å². The summed E-state index contributed by atoms with van der Waals surface area (Å²) in [6.07, 6.45) is 1.18. The molecule has 1 saturated heterocycles. The predicted molar refractivity (Wildman–Crippen MR) is 74.6 cm³/mol. The van der Waals surface area contributed by atoms with Crippen LogP contribution in [0.4, 0.5) is 5.69 Å². The number of nitrogens with one attached hydrogen (secondary N) is 2. The molecule has 0 aliphatic carbocycles. The van der Waals surface area contributed by atoms with Crippen molar-refractivity contribution in [1.82, 2.24) is 5.32 Å². The summed E-state index contributed by atoms with van der Waals surface area (Å²) in [5.74, 6) is 0.608. The van der Waals surface area contributed by atoms with E-state index in [1.54, 1.807) is 0 Å². The molecule has 0 radical (unpaired) electrons. The molecule has 94 valence electrons. The minimum atomic E-state index is 0.273. The van der Waals surface area contributed by atoms with Gasteiger partial charge in [-0.05, 0) is 43.9 Å². The molecule has 1 heterocycles. The fraction of sp³-hybridized carbons (Fsp3) is 0.600. The Balaban J connectivity index is 1.96. The van der Waals surface area contributed by atoms with E-state index in [0.717, 1.165) is 6.54 Å². The lowest BCUT2D eigenvalue weighted by Gasteiger charge is -2.18. The van der Waals surface area contributed by atoms with E-state index in [-0.39, 0.29) is 5.54 Å². The van der Waals surface area contributed by atoms with Gasteiger partial charge in [-0.25, -0.2) is 0 Å². The molecule has 2 nitrogen and oxygen atoms in total. The quantitative estimate of drug-likeness (QED) is 0.835. The number of hydrogen-bond donors (Lipinski definition) is 2. The van der Waals surface area contributed by atoms with Crippen LogP contribution in [-0.4, -0.2) is 18.1 Å². The molecule has 0 spiro atoms. The van der Waals surface area contributed by atoms with Gasteiger partial charge in [0.25, 0.3) is 0 Å². The van der Waals surface area contributed by atoms with E-state index in [0.29, 0.717) is 12.0 Å². The highest BCUT2D eigenvalue weighted by Gasteiger charge is 2.29. The van der Waals surface area contributed by atoms with Crippen LogP contribution in [0.5, 0.6) is 0 Å². The Morgan fingerprint density at radius 1 is 1.24 bits per heavy atom. The summed E-state index contributed by atoms with van der Waals surface area (Å²) in [5, 5.41) is 7.13. The maximum absolute atomic E-state index is 3.60. The van der Waals surface area contributed by atoms with Gasteiger partial charge in [-0.15, -0.1) is 0 Å². The lowest BCUT2D eigenvalue weighted by Crippen LogP contribution is -2.31. The van der Waals surface area contributed by atoms with Gasteiger partial charge < -0.3 is 10.6 Å². The van der Waals surface area contributed by atoms with Crippen molar-refractivity contribution >= 4 is 5.69 Å². The standard InChI is InChI=1S/C15H24N2/c1-11(2)12-5-7-13(8-6-12)17-14-9-15(3,4)16-10-14/h5-8,11,14,16-17H,9-10H2,1-4H3. The van der Waals surface area contributed by atoms with Crippen LogP contribution in [0, 0.1) is 0 Å². The third-order valence-corrected chi connectivity index (χ3v) is 3.53. The van der Waals surface area contributed by atoms with E-state index in [1.807, 2.05) is 0 Å². The average molecular weight is 232 g/mol. The molecule has 1 unspecified atom stereocenters. The summed E-state index contributed by atoms with van der Waals surface area (Å²) in [7, 11) is 0. The van der Waals surface area contributed by atoms with E-state index < -0.39 is 0 Å². The molecule has 1 aromatic rings. The van der Waals surface area contributed by atoms with Gasteiger partial charge in [0, 0.05) is 23.8 Å². The third kappa shape index (κ3) is 3.22. The molecule has 0 amide bonds. The second kappa shape index (κ2) is 4.69. The molecule has 1 aliphatic rings. The van der Waals surface area contributed by atoms with Gasteiger partial charge >= 0.3 is 0 Å². The normalized spacial score (nSPS) is 23.0. The van der Waals surface area contributed by atoms with E-state index in [4.69, 9.17) is 0 Å². The van der Waals surface area contributed by atoms with E-state index >= 15 is 0 Å². The largest absolute Gasteiger partial charge is 0.381 e. The van der Waals surface area contributed by atoms with Crippen molar-refractivity contribution in [2.24, 2.45) is 0 Å². The van der Waals surface area contributed by atoms with Crippen molar-refractivity contribution in [2.45, 2.75) is 51.6 Å². The van der Waals surface area contributed by atoms with Gasteiger partial charge in [0.05, 0.1) is 0 Å². The van der Waals surface area contributed by atoms with Crippen molar-refractivity contribution in [3.8, 4) is 0 Å². The molecule has 0 bridgehead atoms. The van der Waals surface area contributed by atoms with E-state index in [1.165, 1.54) is 17.7 Å². The summed E-state index contributed by atoms with van der Waals surface area (Å²) >= 11 is 0. The first-order chi connectivity index (χ1) is 7.96. The average Bonchev–Trinajstić information content (AvgIpc) is 2.59. The zero-order chi connectivity index (χ0) is 12.5. The third-order valence-electron chi connectivity index (χ3n) is 3.53. The SMILES string of the molecule is CC(C)c1ccc(NC2CNC(C)(C)C2)cc1. The van der Waals surface area contributed by atoms with Crippen LogP contribution in [0.3, 0.4) is 0 Å². The first kappa shape index (κ1) is 12.4. The van der Waals surface area contributed by atoms with Crippen LogP contribution in [0.2, 0.25) is 0 Å². The minimum absolute atomic E-state index is 0.273. The topological polar surface area (TPSA) is 24.1 Å². The second-order valence-corrected chi connectivity index (χ2v) is 6.09. The molecular formula is C15H24N2. The molecule has 2 heteroatoms. The maximum atomic E-state index is 3.60. The van der Waals surface area contributed by atoms with Gasteiger partial charge in [-0.1, -0.05) is 26.0 Å². The summed E-state index contributed by atoms with van der Waals surface area (Å²) in [6, 6.07) is 9.39. The molecule has 1 atom stereocenters. The van der Waals surface area contributed by atoms with Gasteiger partial charge in [-0.3, -0.25) is 0 Å². The monoisotopic (exact) mass is 232 g/mol. The summed E-state index contributed by atoms with van der Waals surface area (Å²) < 4.78 is 0. The Morgan fingerprint density at radius 2 is 1.88 bits per heavy atom. The van der Waals surface area contributed by atoms with Crippen molar-refractivity contribution < 1.29 is 0 Å². The predicted octanol–water partition coefficient (Wildman–Crippen LogP) is 3.36. The van der Waals surface area contributed by atoms with Gasteiger partial charge in [0.2, 0.25) is 0 Å². The molecule has 0 aromatic heterocycles. The molecule has 2 rings (SSSR count). The van der Waals surface area contributed by atoms with E-state index in [9.17, 15) is 0 Å². The number of benzene rings is 1. The van der Waals surface area contributed by atoms with Crippen molar-refractivity contribution in [1.29, 1.82) is 0 Å². The molecule has 1 fully saturated rings. The maximum Gasteiger partial charge on any atom is 0.0403 e. The highest BCUT2D eigenvalue weighted by atomic mass is 15.1. The fourth-order valence-corrected chi connectivity index (χ4v) is 2.46. The van der Waals surface area contributed by atoms with Crippen LogP contribution in [0.1, 0.15) is 45.6 Å². The van der Waals surface area contributed by atoms with Crippen LogP contribution in [-0.2, 0) is 0 Å². The van der Waals surface area contributed by atoms with Crippen molar-refractivity contribution in [2.75, 3.05) is 11.9 Å². The molecular weight excluding hydrogens is 208 g/mol. The lowest BCUT2D eigenvalue weighted by atomic mass is 10.0. The zero-order valence-corrected chi connectivity index (χ0v) is 11.4. The van der Waals surface area contributed by atoms with E-state index in [2.05, 4.69) is 62.6 Å². The Kier molecular flexibility index (Phi) is 3.43. The van der Waals surface area contributed by atoms with Crippen molar-refractivity contribution in [3.05, 3.63) is 29.8 Å². The molecule has 1 aromatic carbocycles. The van der Waals surface area contributed by atoms with Gasteiger partial charge in [0.15, 0.2) is 0 Å². The molecule has 17 heavy (non-hydrogen) atoms. The number of hydrogen-bond acceptors (Lipinski definition) is 2. The Labute approximate surface area is 105 Å². The van der Waals surface area contributed by atoms with Gasteiger partial charge in [-0.2, -0.15) is 0 Å². The zero-order valence-electron chi connectivity index (χ0n) is 11.4. The Hall–Kier alpha value is -1.02. The smallest absolute Gasteiger partial charge is 0.0403 e. The Bertz CT molecular complexity index is 365. The highest BCUT2D eigenvalue weighted by molar-refractivity contribution is 5.46. The molecule has 2 N–H and O–H groups in total. The molecule has 0 saturated carbocycles. The minimum Gasteiger partial charge on any atom is -0.381 e. The highest BCUT2D eigenvalue weighted by Crippen LogP contribution is 2.22. The summed E-state index contributed by atoms with van der Waals surface area (Å²) in [6.45, 7) is 10.0. The first-order valence-electron chi connectivity index (χ1n) is 6.58. The fourth-order valence-electron chi connectivity index (χ4n) is 2.46. The number of anilines is 1. The number of rotatable bonds is 3. The lowest BCUT2D eigenvalue weighted by molar-refractivity contribution is 0.457. The second-order valence-electron chi connectivity index (χ2n) is 6.09. The van der Waals surface area contributed by atoms with Crippen molar-refractivity contribution in [3.63, 3.8) is 0 Å². The molecule has 1 aliphatic heterocycles. The van der Waals surface area contributed by atoms with Crippen LogP contribution < -0.4 is 10.6 Å². The first-order valence-corrected chi connectivity index (χ1v) is 6.58. The van der Waals surface area contributed by atoms with Crippen LogP contribution in [0.15, 0.2) is 24.3 Å². The summed E-state index contributed by atoms with van der Waals surface area (Å²) in [4.78, 5) is 0. The Morgan fingerprint density at radius 3 is 2.35 bits per heavy atom. The van der Waals surface area contributed by atoms with Gasteiger partial charge in [0.1, 0.15) is 0 Å². The summed E-state index contributed by atoms with van der Waals surface area (Å²) in [5.41, 5.74) is 2.91.